The molecule has 0 spiro atoms. The maximum Gasteiger partial charge on any atom is 0.272 e. The minimum Gasteiger partial charge on any atom is -0.331 e. The van der Waals surface area contributed by atoms with Crippen LogP contribution in [0.25, 0.3) is 0 Å². The standard InChI is InChI=1S/C12H11Cl2N5O/c1-18-9(2-4-15-18)11(20)19-5-3-7-8(6-19)16-12(14)17-10(7)13/h2,4H,3,5-6H2,1H3. The van der Waals surface area contributed by atoms with Gasteiger partial charge in [0.05, 0.1) is 12.2 Å². The van der Waals surface area contributed by atoms with Gasteiger partial charge in [-0.2, -0.15) is 5.10 Å². The Balaban J connectivity index is 1.89. The highest BCUT2D eigenvalue weighted by atomic mass is 35.5. The van der Waals surface area contributed by atoms with Gasteiger partial charge in [-0.25, -0.2) is 9.97 Å². The van der Waals surface area contributed by atoms with Gasteiger partial charge in [0.15, 0.2) is 0 Å². The fraction of sp³-hybridized carbons (Fsp3) is 0.333. The molecule has 2 aromatic rings. The van der Waals surface area contributed by atoms with Crippen LogP contribution in [-0.2, 0) is 20.0 Å². The molecule has 0 N–H and O–H groups in total. The number of rotatable bonds is 1. The minimum absolute atomic E-state index is 0.0819. The molecule has 0 fully saturated rings. The van der Waals surface area contributed by atoms with Gasteiger partial charge in [-0.15, -0.1) is 0 Å². The molecule has 0 saturated carbocycles. The second-order valence-electron chi connectivity index (χ2n) is 4.53. The lowest BCUT2D eigenvalue weighted by Crippen LogP contribution is -2.37. The van der Waals surface area contributed by atoms with Crippen LogP contribution in [-0.4, -0.2) is 37.1 Å². The Kier molecular flexibility index (Phi) is 3.35. The molecular formula is C12H11Cl2N5O. The van der Waals surface area contributed by atoms with Crippen molar-refractivity contribution in [2.75, 3.05) is 6.54 Å². The molecule has 6 nitrogen and oxygen atoms in total. The van der Waals surface area contributed by atoms with Crippen LogP contribution in [0.5, 0.6) is 0 Å². The second-order valence-corrected chi connectivity index (χ2v) is 5.22. The van der Waals surface area contributed by atoms with Crippen LogP contribution < -0.4 is 0 Å². The summed E-state index contributed by atoms with van der Waals surface area (Å²) in [5.41, 5.74) is 2.11. The molecule has 0 radical (unpaired) electrons. The Morgan fingerprint density at radius 2 is 2.15 bits per heavy atom. The van der Waals surface area contributed by atoms with Gasteiger partial charge in [-0.05, 0) is 24.1 Å². The molecule has 3 heterocycles. The first-order chi connectivity index (χ1) is 9.56. The van der Waals surface area contributed by atoms with Gasteiger partial charge < -0.3 is 4.90 Å². The monoisotopic (exact) mass is 311 g/mol. The topological polar surface area (TPSA) is 63.9 Å². The van der Waals surface area contributed by atoms with Crippen LogP contribution in [0.1, 0.15) is 21.7 Å². The number of carbonyl (C=O) groups excluding carboxylic acids is 1. The van der Waals surface area contributed by atoms with E-state index in [1.807, 2.05) is 0 Å². The van der Waals surface area contributed by atoms with E-state index in [2.05, 4.69) is 15.1 Å². The Hall–Kier alpha value is -1.66. The first-order valence-electron chi connectivity index (χ1n) is 6.04. The number of nitrogens with zero attached hydrogens (tertiary/aromatic N) is 5. The third-order valence-electron chi connectivity index (χ3n) is 3.31. The van der Waals surface area contributed by atoms with Gasteiger partial charge in [0.1, 0.15) is 10.8 Å². The van der Waals surface area contributed by atoms with Crippen molar-refractivity contribution in [2.24, 2.45) is 7.05 Å². The number of aromatic nitrogens is 4. The number of hydrogen-bond acceptors (Lipinski definition) is 4. The molecule has 1 aliphatic rings. The van der Waals surface area contributed by atoms with Crippen molar-refractivity contribution in [3.63, 3.8) is 0 Å². The highest BCUT2D eigenvalue weighted by Gasteiger charge is 2.26. The predicted molar refractivity (Wildman–Crippen MR) is 73.7 cm³/mol. The van der Waals surface area contributed by atoms with Gasteiger partial charge in [-0.1, -0.05) is 11.6 Å². The number of aryl methyl sites for hydroxylation is 1. The van der Waals surface area contributed by atoms with E-state index < -0.39 is 0 Å². The third kappa shape index (κ3) is 2.25. The fourth-order valence-electron chi connectivity index (χ4n) is 2.28. The van der Waals surface area contributed by atoms with E-state index in [1.165, 1.54) is 0 Å². The molecule has 8 heteroatoms. The Bertz CT molecular complexity index is 684. The summed E-state index contributed by atoms with van der Waals surface area (Å²) in [5, 5.41) is 4.48. The molecule has 3 rings (SSSR count). The lowest BCUT2D eigenvalue weighted by Gasteiger charge is -2.28. The lowest BCUT2D eigenvalue weighted by molar-refractivity contribution is 0.0720. The predicted octanol–water partition coefficient (Wildman–Crippen LogP) is 1.72. The molecule has 0 aromatic carbocycles. The van der Waals surface area contributed by atoms with Crippen molar-refractivity contribution in [1.29, 1.82) is 0 Å². The van der Waals surface area contributed by atoms with Gasteiger partial charge in [-0.3, -0.25) is 9.48 Å². The molecule has 20 heavy (non-hydrogen) atoms. The van der Waals surface area contributed by atoms with Crippen molar-refractivity contribution >= 4 is 29.1 Å². The summed E-state index contributed by atoms with van der Waals surface area (Å²) in [6, 6.07) is 1.69. The van der Waals surface area contributed by atoms with E-state index >= 15 is 0 Å². The summed E-state index contributed by atoms with van der Waals surface area (Å²) in [6.45, 7) is 0.947. The van der Waals surface area contributed by atoms with E-state index in [1.54, 1.807) is 28.9 Å². The average Bonchev–Trinajstić information content (AvgIpc) is 2.83. The molecule has 0 bridgehead atoms. The van der Waals surface area contributed by atoms with E-state index in [0.29, 0.717) is 36.1 Å². The van der Waals surface area contributed by atoms with Crippen LogP contribution in [0.4, 0.5) is 0 Å². The molecular weight excluding hydrogens is 301 g/mol. The average molecular weight is 312 g/mol. The molecule has 1 aliphatic heterocycles. The minimum atomic E-state index is -0.0819. The number of fused-ring (bicyclic) bond motifs is 1. The highest BCUT2D eigenvalue weighted by Crippen LogP contribution is 2.25. The normalized spacial score (nSPS) is 14.2. The molecule has 0 aliphatic carbocycles. The smallest absolute Gasteiger partial charge is 0.272 e. The SMILES string of the molecule is Cn1nccc1C(=O)N1CCc2c(Cl)nc(Cl)nc2C1. The summed E-state index contributed by atoms with van der Waals surface area (Å²) in [4.78, 5) is 22.2. The van der Waals surface area contributed by atoms with Crippen LogP contribution in [0, 0.1) is 0 Å². The van der Waals surface area contributed by atoms with Gasteiger partial charge >= 0.3 is 0 Å². The van der Waals surface area contributed by atoms with E-state index in [4.69, 9.17) is 23.2 Å². The highest BCUT2D eigenvalue weighted by molar-refractivity contribution is 6.32. The molecule has 0 atom stereocenters. The molecule has 0 unspecified atom stereocenters. The Morgan fingerprint density at radius 3 is 2.85 bits per heavy atom. The first kappa shape index (κ1) is 13.3. The summed E-state index contributed by atoms with van der Waals surface area (Å²) in [6.07, 6.45) is 2.22. The zero-order chi connectivity index (χ0) is 14.3. The zero-order valence-electron chi connectivity index (χ0n) is 10.7. The van der Waals surface area contributed by atoms with Crippen LogP contribution >= 0.6 is 23.2 Å². The van der Waals surface area contributed by atoms with Gasteiger partial charge in [0, 0.05) is 25.4 Å². The van der Waals surface area contributed by atoms with Gasteiger partial charge in [0.25, 0.3) is 5.91 Å². The Labute approximate surface area is 125 Å². The van der Waals surface area contributed by atoms with E-state index in [9.17, 15) is 4.79 Å². The van der Waals surface area contributed by atoms with Crippen molar-refractivity contribution in [3.05, 3.63) is 39.7 Å². The number of hydrogen-bond donors (Lipinski definition) is 0. The zero-order valence-corrected chi connectivity index (χ0v) is 12.2. The first-order valence-corrected chi connectivity index (χ1v) is 6.80. The van der Waals surface area contributed by atoms with E-state index in [-0.39, 0.29) is 11.2 Å². The maximum atomic E-state index is 12.4. The molecule has 104 valence electrons. The molecule has 2 aromatic heterocycles. The quantitative estimate of drug-likeness (QED) is 0.594. The fourth-order valence-corrected chi connectivity index (χ4v) is 2.79. The number of halogens is 2. The summed E-state index contributed by atoms with van der Waals surface area (Å²) in [5.74, 6) is -0.0819. The lowest BCUT2D eigenvalue weighted by atomic mass is 10.1. The third-order valence-corrected chi connectivity index (χ3v) is 3.80. The maximum absolute atomic E-state index is 12.4. The van der Waals surface area contributed by atoms with Crippen molar-refractivity contribution in [1.82, 2.24) is 24.6 Å². The van der Waals surface area contributed by atoms with Crippen molar-refractivity contribution < 1.29 is 4.79 Å². The van der Waals surface area contributed by atoms with Crippen molar-refractivity contribution in [2.45, 2.75) is 13.0 Å². The van der Waals surface area contributed by atoms with Gasteiger partial charge in [0.2, 0.25) is 5.28 Å². The number of amides is 1. The van der Waals surface area contributed by atoms with E-state index in [0.717, 1.165) is 5.56 Å². The Morgan fingerprint density at radius 1 is 1.35 bits per heavy atom. The summed E-state index contributed by atoms with van der Waals surface area (Å²) >= 11 is 11.9. The summed E-state index contributed by atoms with van der Waals surface area (Å²) < 4.78 is 1.55. The molecule has 1 amide bonds. The van der Waals surface area contributed by atoms with Crippen LogP contribution in [0.15, 0.2) is 12.3 Å². The largest absolute Gasteiger partial charge is 0.331 e. The van der Waals surface area contributed by atoms with Crippen LogP contribution in [0.3, 0.4) is 0 Å². The summed E-state index contributed by atoms with van der Waals surface area (Å²) in [7, 11) is 1.74. The van der Waals surface area contributed by atoms with Crippen molar-refractivity contribution in [3.8, 4) is 0 Å². The second kappa shape index (κ2) is 5.03. The van der Waals surface area contributed by atoms with Crippen LogP contribution in [0.2, 0.25) is 10.4 Å². The molecule has 0 saturated heterocycles. The number of carbonyl (C=O) groups is 1.